The van der Waals surface area contributed by atoms with E-state index in [-0.39, 0.29) is 0 Å². The minimum atomic E-state index is 0.449. The monoisotopic (exact) mass is 201 g/mol. The molecule has 2 heterocycles. The minimum absolute atomic E-state index is 0.449. The van der Waals surface area contributed by atoms with Crippen LogP contribution in [0.2, 0.25) is 0 Å². The summed E-state index contributed by atoms with van der Waals surface area (Å²) in [6.45, 7) is 0. The van der Waals surface area contributed by atoms with Gasteiger partial charge < -0.3 is 10.5 Å². The number of ether oxygens (including phenoxy) is 1. The third kappa shape index (κ3) is 1.88. The molecule has 4 heteroatoms. The number of methoxy groups -OCH3 is 1. The first-order valence-corrected chi connectivity index (χ1v) is 4.52. The third-order valence-corrected chi connectivity index (χ3v) is 2.07. The van der Waals surface area contributed by atoms with Crippen molar-refractivity contribution in [2.75, 3.05) is 12.8 Å². The number of anilines is 1. The van der Waals surface area contributed by atoms with Crippen LogP contribution in [0.15, 0.2) is 36.7 Å². The highest BCUT2D eigenvalue weighted by molar-refractivity contribution is 5.69. The zero-order chi connectivity index (χ0) is 10.7. The Bertz CT molecular complexity index is 457. The Balaban J connectivity index is 2.53. The van der Waals surface area contributed by atoms with Crippen LogP contribution in [0.1, 0.15) is 0 Å². The maximum atomic E-state index is 5.58. The van der Waals surface area contributed by atoms with Crippen molar-refractivity contribution in [1.29, 1.82) is 0 Å². The fraction of sp³-hybridized carbons (Fsp3) is 0.0909. The second-order valence-corrected chi connectivity index (χ2v) is 3.03. The van der Waals surface area contributed by atoms with Crippen molar-refractivity contribution in [3.8, 4) is 17.0 Å². The van der Waals surface area contributed by atoms with Crippen LogP contribution in [0, 0.1) is 0 Å². The molecule has 0 amide bonds. The van der Waals surface area contributed by atoms with Gasteiger partial charge in [-0.25, -0.2) is 0 Å². The molecule has 0 aliphatic carbocycles. The van der Waals surface area contributed by atoms with E-state index in [0.717, 1.165) is 11.1 Å². The smallest absolute Gasteiger partial charge is 0.223 e. The Morgan fingerprint density at radius 2 is 1.87 bits per heavy atom. The Morgan fingerprint density at radius 1 is 1.13 bits per heavy atom. The molecule has 0 atom stereocenters. The molecule has 0 aliphatic heterocycles. The number of nitrogens with two attached hydrogens (primary N) is 1. The molecule has 2 aromatic heterocycles. The van der Waals surface area contributed by atoms with Crippen LogP contribution in [-0.4, -0.2) is 17.1 Å². The molecule has 0 unspecified atom stereocenters. The lowest BCUT2D eigenvalue weighted by Gasteiger charge is -2.07. The summed E-state index contributed by atoms with van der Waals surface area (Å²) in [6, 6.07) is 7.43. The second-order valence-electron chi connectivity index (χ2n) is 3.03. The number of pyridine rings is 2. The fourth-order valence-corrected chi connectivity index (χ4v) is 1.36. The van der Waals surface area contributed by atoms with Crippen molar-refractivity contribution in [3.63, 3.8) is 0 Å². The Kier molecular flexibility index (Phi) is 2.49. The van der Waals surface area contributed by atoms with Crippen molar-refractivity contribution >= 4 is 5.82 Å². The quantitative estimate of drug-likeness (QED) is 0.803. The fourth-order valence-electron chi connectivity index (χ4n) is 1.36. The molecule has 0 aliphatic rings. The Morgan fingerprint density at radius 3 is 2.53 bits per heavy atom. The molecular weight excluding hydrogens is 190 g/mol. The Hall–Kier alpha value is -2.10. The third-order valence-electron chi connectivity index (χ3n) is 2.07. The number of aromatic nitrogens is 2. The van der Waals surface area contributed by atoms with Crippen LogP contribution < -0.4 is 10.5 Å². The molecule has 2 aromatic rings. The highest BCUT2D eigenvalue weighted by Gasteiger charge is 2.06. The molecule has 0 aromatic carbocycles. The predicted molar refractivity (Wildman–Crippen MR) is 58.4 cm³/mol. The zero-order valence-corrected chi connectivity index (χ0v) is 8.34. The number of nitrogen functional groups attached to an aromatic ring is 1. The van der Waals surface area contributed by atoms with Crippen LogP contribution in [0.3, 0.4) is 0 Å². The van der Waals surface area contributed by atoms with Crippen molar-refractivity contribution in [3.05, 3.63) is 36.7 Å². The van der Waals surface area contributed by atoms with E-state index in [1.807, 2.05) is 18.2 Å². The highest BCUT2D eigenvalue weighted by atomic mass is 16.5. The first-order valence-electron chi connectivity index (χ1n) is 4.52. The molecule has 0 spiro atoms. The van der Waals surface area contributed by atoms with Crippen LogP contribution in [-0.2, 0) is 0 Å². The summed E-state index contributed by atoms with van der Waals surface area (Å²) in [5.74, 6) is 0.978. The van der Waals surface area contributed by atoms with Gasteiger partial charge in [0.15, 0.2) is 0 Å². The molecule has 76 valence electrons. The lowest BCUT2D eigenvalue weighted by Crippen LogP contribution is -1.96. The Labute approximate surface area is 87.7 Å². The van der Waals surface area contributed by atoms with Gasteiger partial charge in [-0.15, -0.1) is 0 Å². The SMILES string of the molecule is COc1nc(N)ccc1-c1ccncc1. The first kappa shape index (κ1) is 9.45. The summed E-state index contributed by atoms with van der Waals surface area (Å²) in [5, 5.41) is 0. The van der Waals surface area contributed by atoms with Gasteiger partial charge >= 0.3 is 0 Å². The summed E-state index contributed by atoms with van der Waals surface area (Å²) >= 11 is 0. The van der Waals surface area contributed by atoms with E-state index in [1.165, 1.54) is 0 Å². The van der Waals surface area contributed by atoms with Gasteiger partial charge in [0, 0.05) is 18.0 Å². The summed E-state index contributed by atoms with van der Waals surface area (Å²) in [6.07, 6.45) is 3.45. The summed E-state index contributed by atoms with van der Waals surface area (Å²) in [4.78, 5) is 8.06. The van der Waals surface area contributed by atoms with Gasteiger partial charge in [-0.1, -0.05) is 0 Å². The molecule has 0 bridgehead atoms. The molecule has 0 saturated heterocycles. The molecular formula is C11H11N3O. The van der Waals surface area contributed by atoms with Gasteiger partial charge in [0.05, 0.1) is 7.11 Å². The average Bonchev–Trinajstić information content (AvgIpc) is 2.30. The molecule has 0 saturated carbocycles. The van der Waals surface area contributed by atoms with Gasteiger partial charge in [0.2, 0.25) is 5.88 Å². The number of rotatable bonds is 2. The highest BCUT2D eigenvalue weighted by Crippen LogP contribution is 2.28. The van der Waals surface area contributed by atoms with E-state index in [9.17, 15) is 0 Å². The van der Waals surface area contributed by atoms with Crippen molar-refractivity contribution < 1.29 is 4.74 Å². The van der Waals surface area contributed by atoms with Crippen LogP contribution in [0.25, 0.3) is 11.1 Å². The molecule has 0 radical (unpaired) electrons. The van der Waals surface area contributed by atoms with Crippen LogP contribution in [0.4, 0.5) is 5.82 Å². The summed E-state index contributed by atoms with van der Waals surface area (Å²) in [7, 11) is 1.58. The van der Waals surface area contributed by atoms with Gasteiger partial charge in [-0.3, -0.25) is 4.98 Å². The largest absolute Gasteiger partial charge is 0.480 e. The van der Waals surface area contributed by atoms with Gasteiger partial charge in [-0.05, 0) is 29.8 Å². The summed E-state index contributed by atoms with van der Waals surface area (Å²) in [5.41, 5.74) is 7.50. The average molecular weight is 201 g/mol. The van der Waals surface area contributed by atoms with Gasteiger partial charge in [-0.2, -0.15) is 4.98 Å². The van der Waals surface area contributed by atoms with E-state index < -0.39 is 0 Å². The standard InChI is InChI=1S/C11H11N3O/c1-15-11-9(2-3-10(12)14-11)8-4-6-13-7-5-8/h2-7H,1H3,(H2,12,14). The van der Waals surface area contributed by atoms with E-state index in [2.05, 4.69) is 9.97 Å². The number of nitrogens with zero attached hydrogens (tertiary/aromatic N) is 2. The maximum Gasteiger partial charge on any atom is 0.223 e. The molecule has 15 heavy (non-hydrogen) atoms. The second kappa shape index (κ2) is 3.96. The maximum absolute atomic E-state index is 5.58. The van der Waals surface area contributed by atoms with E-state index in [4.69, 9.17) is 10.5 Å². The zero-order valence-electron chi connectivity index (χ0n) is 8.34. The number of hydrogen-bond donors (Lipinski definition) is 1. The lowest BCUT2D eigenvalue weighted by atomic mass is 10.1. The van der Waals surface area contributed by atoms with Crippen molar-refractivity contribution in [2.24, 2.45) is 0 Å². The van der Waals surface area contributed by atoms with Crippen molar-refractivity contribution in [1.82, 2.24) is 9.97 Å². The molecule has 4 nitrogen and oxygen atoms in total. The predicted octanol–water partition coefficient (Wildman–Crippen LogP) is 1.73. The van der Waals surface area contributed by atoms with E-state index in [1.54, 1.807) is 25.6 Å². The van der Waals surface area contributed by atoms with E-state index >= 15 is 0 Å². The molecule has 2 rings (SSSR count). The van der Waals surface area contributed by atoms with Gasteiger partial charge in [0.1, 0.15) is 5.82 Å². The lowest BCUT2D eigenvalue weighted by molar-refractivity contribution is 0.400. The normalized spacial score (nSPS) is 9.93. The molecule has 2 N–H and O–H groups in total. The van der Waals surface area contributed by atoms with Crippen LogP contribution >= 0.6 is 0 Å². The van der Waals surface area contributed by atoms with Crippen LogP contribution in [0.5, 0.6) is 5.88 Å². The van der Waals surface area contributed by atoms with Gasteiger partial charge in [0.25, 0.3) is 0 Å². The number of hydrogen-bond acceptors (Lipinski definition) is 4. The minimum Gasteiger partial charge on any atom is -0.480 e. The first-order chi connectivity index (χ1) is 7.31. The van der Waals surface area contributed by atoms with E-state index in [0.29, 0.717) is 11.7 Å². The summed E-state index contributed by atoms with van der Waals surface area (Å²) < 4.78 is 5.17. The molecule has 0 fully saturated rings. The van der Waals surface area contributed by atoms with Crippen molar-refractivity contribution in [2.45, 2.75) is 0 Å². The topological polar surface area (TPSA) is 61.0 Å².